The van der Waals surface area contributed by atoms with Gasteiger partial charge in [0.15, 0.2) is 0 Å². The lowest BCUT2D eigenvalue weighted by atomic mass is 9.49. The minimum atomic E-state index is -0.218. The molecule has 4 aliphatic carbocycles. The Morgan fingerprint density at radius 1 is 1.12 bits per heavy atom. The largest absolute Gasteiger partial charge is 0.355 e. The van der Waals surface area contributed by atoms with Crippen molar-refractivity contribution in [3.8, 4) is 0 Å². The Hall–Kier alpha value is -1.42. The van der Waals surface area contributed by atoms with Crippen LogP contribution in [0.5, 0.6) is 0 Å². The maximum absolute atomic E-state index is 12.9. The van der Waals surface area contributed by atoms with E-state index in [1.807, 2.05) is 0 Å². The van der Waals surface area contributed by atoms with E-state index < -0.39 is 0 Å². The van der Waals surface area contributed by atoms with Crippen molar-refractivity contribution in [3.63, 3.8) is 0 Å². The number of carbonyl (C=O) groups is 1. The predicted molar refractivity (Wildman–Crippen MR) is 101 cm³/mol. The first-order chi connectivity index (χ1) is 12.5. The first-order valence-electron chi connectivity index (χ1n) is 10.2. The van der Waals surface area contributed by atoms with Gasteiger partial charge in [0, 0.05) is 13.1 Å². The van der Waals surface area contributed by atoms with E-state index in [1.165, 1.54) is 50.7 Å². The van der Waals surface area contributed by atoms with Crippen LogP contribution in [0.4, 0.5) is 4.39 Å². The molecule has 1 amide bonds. The molecule has 4 heteroatoms. The SMILES string of the molecule is CN(CC(=O)NCCc1ccc(F)cc1)CC12CC3CC(CC(C3)C1)C2. The minimum Gasteiger partial charge on any atom is -0.355 e. The summed E-state index contributed by atoms with van der Waals surface area (Å²) >= 11 is 0. The Labute approximate surface area is 156 Å². The molecule has 142 valence electrons. The van der Waals surface area contributed by atoms with Crippen molar-refractivity contribution < 1.29 is 9.18 Å². The summed E-state index contributed by atoms with van der Waals surface area (Å²) in [4.78, 5) is 14.5. The van der Waals surface area contributed by atoms with Crippen molar-refractivity contribution in [3.05, 3.63) is 35.6 Å². The molecule has 1 N–H and O–H groups in total. The van der Waals surface area contributed by atoms with Gasteiger partial charge in [-0.3, -0.25) is 9.69 Å². The number of hydrogen-bond acceptors (Lipinski definition) is 2. The molecule has 4 aliphatic rings. The first-order valence-corrected chi connectivity index (χ1v) is 10.2. The summed E-state index contributed by atoms with van der Waals surface area (Å²) in [6.07, 6.45) is 9.29. The smallest absolute Gasteiger partial charge is 0.234 e. The van der Waals surface area contributed by atoms with Crippen LogP contribution in [0.1, 0.15) is 44.1 Å². The number of nitrogens with zero attached hydrogens (tertiary/aromatic N) is 1. The summed E-state index contributed by atoms with van der Waals surface area (Å²) in [5, 5.41) is 3.01. The normalized spacial score (nSPS) is 32.2. The lowest BCUT2D eigenvalue weighted by Crippen LogP contribution is -2.51. The molecule has 0 heterocycles. The monoisotopic (exact) mass is 358 g/mol. The second kappa shape index (κ2) is 7.30. The lowest BCUT2D eigenvalue weighted by molar-refractivity contribution is -0.123. The number of benzene rings is 1. The third-order valence-electron chi connectivity index (χ3n) is 6.83. The van der Waals surface area contributed by atoms with Gasteiger partial charge in [-0.05, 0) is 92.9 Å². The zero-order valence-corrected chi connectivity index (χ0v) is 15.8. The third kappa shape index (κ3) is 4.11. The highest BCUT2D eigenvalue weighted by atomic mass is 19.1. The van der Waals surface area contributed by atoms with Crippen LogP contribution >= 0.6 is 0 Å². The van der Waals surface area contributed by atoms with Crippen molar-refractivity contribution in [2.75, 3.05) is 26.7 Å². The Morgan fingerprint density at radius 2 is 1.69 bits per heavy atom. The number of hydrogen-bond donors (Lipinski definition) is 1. The van der Waals surface area contributed by atoms with Gasteiger partial charge < -0.3 is 5.32 Å². The number of halogens is 1. The van der Waals surface area contributed by atoms with Crippen LogP contribution in [0.2, 0.25) is 0 Å². The first kappa shape index (κ1) is 18.0. The maximum Gasteiger partial charge on any atom is 0.234 e. The molecular formula is C22H31FN2O. The molecular weight excluding hydrogens is 327 g/mol. The summed E-state index contributed by atoms with van der Waals surface area (Å²) in [5.41, 5.74) is 1.53. The molecule has 4 fully saturated rings. The van der Waals surface area contributed by atoms with E-state index >= 15 is 0 Å². The fourth-order valence-electron chi connectivity index (χ4n) is 6.41. The van der Waals surface area contributed by atoms with Crippen LogP contribution in [-0.4, -0.2) is 37.5 Å². The van der Waals surface area contributed by atoms with Crippen molar-refractivity contribution in [2.45, 2.75) is 44.9 Å². The molecule has 0 aromatic heterocycles. The van der Waals surface area contributed by atoms with E-state index in [4.69, 9.17) is 0 Å². The van der Waals surface area contributed by atoms with Crippen molar-refractivity contribution in [1.82, 2.24) is 10.2 Å². The van der Waals surface area contributed by atoms with Gasteiger partial charge in [0.25, 0.3) is 0 Å². The maximum atomic E-state index is 12.9. The van der Waals surface area contributed by atoms with Gasteiger partial charge in [-0.25, -0.2) is 4.39 Å². The van der Waals surface area contributed by atoms with Gasteiger partial charge in [-0.15, -0.1) is 0 Å². The third-order valence-corrected chi connectivity index (χ3v) is 6.83. The van der Waals surface area contributed by atoms with Crippen molar-refractivity contribution in [1.29, 1.82) is 0 Å². The minimum absolute atomic E-state index is 0.0966. The Kier molecular flexibility index (Phi) is 5.05. The highest BCUT2D eigenvalue weighted by Gasteiger charge is 2.50. The van der Waals surface area contributed by atoms with Crippen LogP contribution in [0, 0.1) is 29.0 Å². The van der Waals surface area contributed by atoms with Crippen LogP contribution in [0.15, 0.2) is 24.3 Å². The highest BCUT2D eigenvalue weighted by Crippen LogP contribution is 2.60. The summed E-state index contributed by atoms with van der Waals surface area (Å²) < 4.78 is 12.9. The zero-order chi connectivity index (χ0) is 18.1. The van der Waals surface area contributed by atoms with Gasteiger partial charge in [0.05, 0.1) is 6.54 Å². The van der Waals surface area contributed by atoms with Crippen LogP contribution in [0.3, 0.4) is 0 Å². The summed E-state index contributed by atoms with van der Waals surface area (Å²) in [6.45, 7) is 2.16. The second-order valence-electron chi connectivity index (χ2n) is 9.32. The average molecular weight is 359 g/mol. The Balaban J connectivity index is 1.21. The Morgan fingerprint density at radius 3 is 2.27 bits per heavy atom. The molecule has 0 unspecified atom stereocenters. The number of likely N-dealkylation sites (N-methyl/N-ethyl adjacent to an activating group) is 1. The molecule has 26 heavy (non-hydrogen) atoms. The quantitative estimate of drug-likeness (QED) is 0.807. The standard InChI is InChI=1S/C22H31FN2O/c1-25(14-21(26)24-7-6-16-2-4-20(23)5-3-16)15-22-11-17-8-18(12-22)10-19(9-17)13-22/h2-5,17-19H,6-15H2,1H3,(H,24,26). The fourth-order valence-corrected chi connectivity index (χ4v) is 6.41. The van der Waals surface area contributed by atoms with Gasteiger partial charge in [0.2, 0.25) is 5.91 Å². The van der Waals surface area contributed by atoms with Gasteiger partial charge >= 0.3 is 0 Å². The molecule has 4 bridgehead atoms. The van der Waals surface area contributed by atoms with Crippen molar-refractivity contribution >= 4 is 5.91 Å². The molecule has 0 spiro atoms. The average Bonchev–Trinajstić information content (AvgIpc) is 2.54. The van der Waals surface area contributed by atoms with E-state index in [2.05, 4.69) is 17.3 Å². The van der Waals surface area contributed by atoms with E-state index in [0.717, 1.165) is 36.3 Å². The second-order valence-corrected chi connectivity index (χ2v) is 9.32. The van der Waals surface area contributed by atoms with Crippen LogP contribution in [0.25, 0.3) is 0 Å². The molecule has 0 atom stereocenters. The molecule has 3 nitrogen and oxygen atoms in total. The fraction of sp³-hybridized carbons (Fsp3) is 0.682. The number of nitrogens with one attached hydrogen (secondary N) is 1. The van der Waals surface area contributed by atoms with Crippen LogP contribution in [-0.2, 0) is 11.2 Å². The summed E-state index contributed by atoms with van der Waals surface area (Å²) in [7, 11) is 2.10. The van der Waals surface area contributed by atoms with Crippen molar-refractivity contribution in [2.24, 2.45) is 23.2 Å². The Bertz CT molecular complexity index is 607. The van der Waals surface area contributed by atoms with E-state index in [1.54, 1.807) is 12.1 Å². The number of carbonyl (C=O) groups excluding carboxylic acids is 1. The van der Waals surface area contributed by atoms with Crippen LogP contribution < -0.4 is 5.32 Å². The molecule has 5 rings (SSSR count). The topological polar surface area (TPSA) is 32.3 Å². The number of rotatable bonds is 7. The molecule has 0 radical (unpaired) electrons. The van der Waals surface area contributed by atoms with Gasteiger partial charge in [-0.2, -0.15) is 0 Å². The molecule has 0 saturated heterocycles. The summed E-state index contributed by atoms with van der Waals surface area (Å²) in [6, 6.07) is 6.49. The molecule has 1 aromatic carbocycles. The van der Waals surface area contributed by atoms with E-state index in [0.29, 0.717) is 18.5 Å². The molecule has 1 aromatic rings. The van der Waals surface area contributed by atoms with E-state index in [9.17, 15) is 9.18 Å². The van der Waals surface area contributed by atoms with Gasteiger partial charge in [0.1, 0.15) is 5.82 Å². The highest BCUT2D eigenvalue weighted by molar-refractivity contribution is 5.77. The zero-order valence-electron chi connectivity index (χ0n) is 15.8. The predicted octanol–water partition coefficient (Wildman–Crippen LogP) is 3.63. The van der Waals surface area contributed by atoms with E-state index in [-0.39, 0.29) is 11.7 Å². The summed E-state index contributed by atoms with van der Waals surface area (Å²) in [5.74, 6) is 2.75. The van der Waals surface area contributed by atoms with Gasteiger partial charge in [-0.1, -0.05) is 12.1 Å². The molecule has 0 aliphatic heterocycles. The lowest BCUT2D eigenvalue weighted by Gasteiger charge is -2.57. The molecule has 4 saturated carbocycles. The number of amides is 1.